The average Bonchev–Trinajstić information content (AvgIpc) is 3.25. The molecule has 32 heavy (non-hydrogen) atoms. The number of aromatic nitrogens is 2. The lowest BCUT2D eigenvalue weighted by Crippen LogP contribution is -2.18. The van der Waals surface area contributed by atoms with Gasteiger partial charge in [-0.25, -0.2) is 8.42 Å². The minimum Gasteiger partial charge on any atom is -0.299 e. The predicted octanol–water partition coefficient (Wildman–Crippen LogP) is 4.98. The molecule has 1 N–H and O–H groups in total. The molecule has 3 aromatic carbocycles. The second kappa shape index (κ2) is 10.1. The van der Waals surface area contributed by atoms with Crippen LogP contribution in [-0.4, -0.2) is 24.5 Å². The Morgan fingerprint density at radius 1 is 0.875 bits per heavy atom. The normalized spacial score (nSPS) is 12.2. The Morgan fingerprint density at radius 2 is 1.47 bits per heavy atom. The Hall–Kier alpha value is -3.01. The second-order valence-corrected chi connectivity index (χ2v) is 11.0. The van der Waals surface area contributed by atoms with Gasteiger partial charge in [0.05, 0.1) is 4.90 Å². The number of carbonyl (C=O) groups is 1. The highest BCUT2D eigenvalue weighted by atomic mass is 32.2. The maximum atomic E-state index is 13.1. The Morgan fingerprint density at radius 3 is 2.12 bits per heavy atom. The van der Waals surface area contributed by atoms with Gasteiger partial charge in [0.1, 0.15) is 16.0 Å². The van der Waals surface area contributed by atoms with Crippen LogP contribution in [0.3, 0.4) is 0 Å². The lowest BCUT2D eigenvalue weighted by Gasteiger charge is -2.16. The summed E-state index contributed by atoms with van der Waals surface area (Å²) in [7, 11) is -3.54. The molecule has 0 aliphatic carbocycles. The van der Waals surface area contributed by atoms with Crippen molar-refractivity contribution < 1.29 is 13.2 Å². The average molecular weight is 482 g/mol. The maximum Gasteiger partial charge on any atom is 0.244 e. The molecule has 0 radical (unpaired) electrons. The van der Waals surface area contributed by atoms with Gasteiger partial charge in [0.2, 0.25) is 11.0 Å². The fraction of sp³-hybridized carbons (Fsp3) is 0.0870. The zero-order valence-corrected chi connectivity index (χ0v) is 19.2. The standard InChI is InChI=1S/C23H19N3O3S3/c27-22(21(17-10-4-1-5-11-17)30-18-12-6-2-7-13-18)24-23-26-25-20(31-23)16-32(28,29)19-14-8-3-9-15-19/h1-15,21H,16H2,(H,24,26,27). The number of thioether (sulfide) groups is 1. The molecule has 0 saturated carbocycles. The van der Waals surface area contributed by atoms with Gasteiger partial charge in [-0.3, -0.25) is 10.1 Å². The summed E-state index contributed by atoms with van der Waals surface area (Å²) >= 11 is 2.49. The number of rotatable bonds is 8. The molecule has 1 unspecified atom stereocenters. The summed E-state index contributed by atoms with van der Waals surface area (Å²) in [5, 5.41) is 10.8. The van der Waals surface area contributed by atoms with E-state index < -0.39 is 15.1 Å². The van der Waals surface area contributed by atoms with Crippen molar-refractivity contribution in [1.82, 2.24) is 10.2 Å². The Balaban J connectivity index is 1.50. The van der Waals surface area contributed by atoms with Crippen LogP contribution in [0.1, 0.15) is 15.8 Å². The molecule has 6 nitrogen and oxygen atoms in total. The molecule has 9 heteroatoms. The van der Waals surface area contributed by atoms with Crippen LogP contribution < -0.4 is 5.32 Å². The minimum absolute atomic E-state index is 0.226. The third kappa shape index (κ3) is 5.61. The highest BCUT2D eigenvalue weighted by molar-refractivity contribution is 8.00. The maximum absolute atomic E-state index is 13.1. The van der Waals surface area contributed by atoms with Gasteiger partial charge in [0, 0.05) is 4.90 Å². The Bertz CT molecular complexity index is 1280. The van der Waals surface area contributed by atoms with E-state index in [-0.39, 0.29) is 21.7 Å². The van der Waals surface area contributed by atoms with E-state index in [1.54, 1.807) is 30.3 Å². The van der Waals surface area contributed by atoms with Crippen molar-refractivity contribution in [2.75, 3.05) is 5.32 Å². The van der Waals surface area contributed by atoms with Crippen LogP contribution in [0.15, 0.2) is 101 Å². The van der Waals surface area contributed by atoms with Crippen molar-refractivity contribution in [3.8, 4) is 0 Å². The molecule has 0 saturated heterocycles. The number of benzene rings is 3. The molecule has 4 aromatic rings. The fourth-order valence-electron chi connectivity index (χ4n) is 2.94. The van der Waals surface area contributed by atoms with Gasteiger partial charge < -0.3 is 0 Å². The number of sulfone groups is 1. The first-order valence-electron chi connectivity index (χ1n) is 9.69. The number of nitrogens with zero attached hydrogens (tertiary/aromatic N) is 2. The number of hydrogen-bond donors (Lipinski definition) is 1. The van der Waals surface area contributed by atoms with E-state index >= 15 is 0 Å². The molecule has 1 heterocycles. The topological polar surface area (TPSA) is 89.0 Å². The van der Waals surface area contributed by atoms with Crippen LogP contribution in [0, 0.1) is 0 Å². The summed E-state index contributed by atoms with van der Waals surface area (Å²) < 4.78 is 25.2. The first kappa shape index (κ1) is 22.2. The van der Waals surface area contributed by atoms with E-state index in [9.17, 15) is 13.2 Å². The summed E-state index contributed by atoms with van der Waals surface area (Å²) in [4.78, 5) is 14.3. The van der Waals surface area contributed by atoms with Crippen LogP contribution in [0.25, 0.3) is 0 Å². The summed E-state index contributed by atoms with van der Waals surface area (Å²) in [5.41, 5.74) is 0.857. The van der Waals surface area contributed by atoms with Gasteiger partial charge >= 0.3 is 0 Å². The third-order valence-electron chi connectivity index (χ3n) is 4.45. The molecule has 4 rings (SSSR count). The number of nitrogens with one attached hydrogen (secondary N) is 1. The number of carbonyl (C=O) groups excluding carboxylic acids is 1. The lowest BCUT2D eigenvalue weighted by molar-refractivity contribution is -0.115. The summed E-state index contributed by atoms with van der Waals surface area (Å²) in [6.07, 6.45) is 0. The highest BCUT2D eigenvalue weighted by Gasteiger charge is 2.24. The molecule has 1 atom stereocenters. The zero-order valence-electron chi connectivity index (χ0n) is 16.8. The van der Waals surface area contributed by atoms with Crippen LogP contribution in [0.5, 0.6) is 0 Å². The van der Waals surface area contributed by atoms with Crippen LogP contribution in [0.4, 0.5) is 5.13 Å². The molecular weight excluding hydrogens is 462 g/mol. The van der Waals surface area contributed by atoms with Gasteiger partial charge in [0.25, 0.3) is 0 Å². The molecule has 0 spiro atoms. The smallest absolute Gasteiger partial charge is 0.244 e. The van der Waals surface area contributed by atoms with Crippen molar-refractivity contribution >= 4 is 44.0 Å². The van der Waals surface area contributed by atoms with Crippen LogP contribution in [-0.2, 0) is 20.4 Å². The van der Waals surface area contributed by atoms with Crippen molar-refractivity contribution in [3.63, 3.8) is 0 Å². The lowest BCUT2D eigenvalue weighted by atomic mass is 10.1. The van der Waals surface area contributed by atoms with E-state index in [0.717, 1.165) is 21.8 Å². The molecular formula is C23H19N3O3S3. The van der Waals surface area contributed by atoms with Gasteiger partial charge in [0.15, 0.2) is 9.84 Å². The van der Waals surface area contributed by atoms with E-state index in [1.165, 1.54) is 11.8 Å². The summed E-state index contributed by atoms with van der Waals surface area (Å²) in [6.45, 7) is 0. The highest BCUT2D eigenvalue weighted by Crippen LogP contribution is 2.36. The summed E-state index contributed by atoms with van der Waals surface area (Å²) in [6, 6.07) is 27.3. The van der Waals surface area contributed by atoms with E-state index in [1.807, 2.05) is 60.7 Å². The molecule has 0 bridgehead atoms. The van der Waals surface area contributed by atoms with Crippen molar-refractivity contribution in [2.45, 2.75) is 20.8 Å². The first-order valence-corrected chi connectivity index (χ1v) is 13.0. The molecule has 0 aliphatic rings. The van der Waals surface area contributed by atoms with Crippen molar-refractivity contribution in [2.24, 2.45) is 0 Å². The second-order valence-electron chi connectivity index (χ2n) is 6.78. The van der Waals surface area contributed by atoms with Crippen LogP contribution in [0.2, 0.25) is 0 Å². The van der Waals surface area contributed by atoms with E-state index in [2.05, 4.69) is 15.5 Å². The monoisotopic (exact) mass is 481 g/mol. The van der Waals surface area contributed by atoms with Gasteiger partial charge in [-0.05, 0) is 29.8 Å². The summed E-state index contributed by atoms with van der Waals surface area (Å²) in [5.74, 6) is -0.524. The zero-order chi connectivity index (χ0) is 22.4. The third-order valence-corrected chi connectivity index (χ3v) is 8.38. The predicted molar refractivity (Wildman–Crippen MR) is 127 cm³/mol. The molecule has 1 amide bonds. The number of hydrogen-bond acceptors (Lipinski definition) is 7. The van der Waals surface area contributed by atoms with E-state index in [4.69, 9.17) is 0 Å². The van der Waals surface area contributed by atoms with Crippen LogP contribution >= 0.6 is 23.1 Å². The minimum atomic E-state index is -3.54. The number of anilines is 1. The van der Waals surface area contributed by atoms with Crippen molar-refractivity contribution in [3.05, 3.63) is 102 Å². The van der Waals surface area contributed by atoms with Gasteiger partial charge in [-0.1, -0.05) is 78.1 Å². The molecule has 162 valence electrons. The first-order chi connectivity index (χ1) is 15.5. The Labute approximate surface area is 194 Å². The van der Waals surface area contributed by atoms with E-state index in [0.29, 0.717) is 5.01 Å². The molecule has 0 aliphatic heterocycles. The quantitative estimate of drug-likeness (QED) is 0.357. The van der Waals surface area contributed by atoms with Crippen molar-refractivity contribution in [1.29, 1.82) is 0 Å². The largest absolute Gasteiger partial charge is 0.299 e. The van der Waals surface area contributed by atoms with Gasteiger partial charge in [-0.2, -0.15) is 0 Å². The SMILES string of the molecule is O=C(Nc1nnc(CS(=O)(=O)c2ccccc2)s1)C(Sc1ccccc1)c1ccccc1. The fourth-order valence-corrected chi connectivity index (χ4v) is 6.35. The number of amides is 1. The molecule has 0 fully saturated rings. The Kier molecular flexibility index (Phi) is 6.99. The van der Waals surface area contributed by atoms with Gasteiger partial charge in [-0.15, -0.1) is 22.0 Å². The molecule has 1 aromatic heterocycles.